The number of halogens is 1. The summed E-state index contributed by atoms with van der Waals surface area (Å²) in [5, 5.41) is 14.2. The van der Waals surface area contributed by atoms with Gasteiger partial charge in [0.05, 0.1) is 33.9 Å². The molecule has 2 heterocycles. The predicted molar refractivity (Wildman–Crippen MR) is 165 cm³/mol. The molecule has 44 heavy (non-hydrogen) atoms. The Morgan fingerprint density at radius 2 is 1.61 bits per heavy atom. The van der Waals surface area contributed by atoms with Gasteiger partial charge >= 0.3 is 5.97 Å². The minimum absolute atomic E-state index is 0. The van der Waals surface area contributed by atoms with E-state index in [-0.39, 0.29) is 40.8 Å². The molecule has 0 spiro atoms. The van der Waals surface area contributed by atoms with Crippen molar-refractivity contribution >= 4 is 11.9 Å². The first-order valence-corrected chi connectivity index (χ1v) is 16.1. The van der Waals surface area contributed by atoms with Gasteiger partial charge in [-0.25, -0.2) is 4.79 Å². The molecule has 6 rings (SSSR count). The number of carbonyl (C=O) groups is 2. The van der Waals surface area contributed by atoms with Crippen LogP contribution in [0.3, 0.4) is 0 Å². The molecule has 2 saturated heterocycles. The first-order valence-electron chi connectivity index (χ1n) is 16.1. The van der Waals surface area contributed by atoms with Crippen LogP contribution in [-0.2, 0) is 19.9 Å². The molecule has 242 valence electrons. The monoisotopic (exact) mass is 672 g/mol. The van der Waals surface area contributed by atoms with Crippen LogP contribution in [0.2, 0.25) is 0 Å². The van der Waals surface area contributed by atoms with Crippen LogP contribution in [0.5, 0.6) is 11.5 Å². The van der Waals surface area contributed by atoms with Crippen molar-refractivity contribution in [2.75, 3.05) is 40.8 Å². The van der Waals surface area contributed by atoms with Gasteiger partial charge in [0.15, 0.2) is 23.2 Å². The number of hydrogen-bond acceptors (Lipinski definition) is 6. The number of aliphatic hydroxyl groups is 1. The number of nitrogens with one attached hydrogen (secondary N) is 1. The lowest BCUT2D eigenvalue weighted by Crippen LogP contribution is -3.00. The first kappa shape index (κ1) is 34.3. The number of nitrogens with zero attached hydrogens (tertiary/aromatic N) is 1. The number of quaternary nitrogens is 1. The summed E-state index contributed by atoms with van der Waals surface area (Å²) in [5.41, 5.74) is 0.318. The molecule has 2 saturated carbocycles. The number of ether oxygens (including phenoxy) is 3. The molecule has 2 aliphatic carbocycles. The van der Waals surface area contributed by atoms with Gasteiger partial charge in [0, 0.05) is 31.2 Å². The van der Waals surface area contributed by atoms with Crippen LogP contribution in [0.4, 0.5) is 0 Å². The molecule has 0 radical (unpaired) electrons. The highest BCUT2D eigenvalue weighted by Gasteiger charge is 2.49. The molecule has 0 bridgehead atoms. The summed E-state index contributed by atoms with van der Waals surface area (Å²) in [6.07, 6.45) is 10.3. The van der Waals surface area contributed by atoms with Gasteiger partial charge in [-0.15, -0.1) is 0 Å². The average molecular weight is 674 g/mol. The predicted octanol–water partition coefficient (Wildman–Crippen LogP) is 2.08. The Morgan fingerprint density at radius 1 is 0.932 bits per heavy atom. The lowest BCUT2D eigenvalue weighted by Gasteiger charge is -2.33. The zero-order valence-electron chi connectivity index (χ0n) is 26.4. The summed E-state index contributed by atoms with van der Waals surface area (Å²) >= 11 is 0. The van der Waals surface area contributed by atoms with Gasteiger partial charge in [-0.2, -0.15) is 0 Å². The second-order valence-electron chi connectivity index (χ2n) is 13.4. The molecular formula is C35H49BrN2O6. The van der Waals surface area contributed by atoms with Crippen LogP contribution >= 0.6 is 0 Å². The molecule has 3 unspecified atom stereocenters. The van der Waals surface area contributed by atoms with Crippen molar-refractivity contribution < 1.29 is 50.4 Å². The molecule has 8 nitrogen and oxygen atoms in total. The van der Waals surface area contributed by atoms with E-state index in [1.807, 2.05) is 48.5 Å². The van der Waals surface area contributed by atoms with Crippen molar-refractivity contribution in [1.82, 2.24) is 5.32 Å². The largest absolute Gasteiger partial charge is 1.00 e. The van der Waals surface area contributed by atoms with Crippen molar-refractivity contribution in [2.45, 2.75) is 87.9 Å². The maximum absolute atomic E-state index is 12.9. The molecule has 2 aromatic rings. The normalized spacial score (nSPS) is 24.4. The van der Waals surface area contributed by atoms with Crippen molar-refractivity contribution in [2.24, 2.45) is 5.92 Å². The smallest absolute Gasteiger partial charge is 0.343 e. The van der Waals surface area contributed by atoms with E-state index in [1.54, 1.807) is 7.11 Å². The van der Waals surface area contributed by atoms with Crippen LogP contribution in [0.1, 0.15) is 81.3 Å². The van der Waals surface area contributed by atoms with Crippen LogP contribution < -0.4 is 31.8 Å². The van der Waals surface area contributed by atoms with Crippen LogP contribution in [0.15, 0.2) is 48.5 Å². The molecule has 1 amide bonds. The highest BCUT2D eigenvalue weighted by Crippen LogP contribution is 2.42. The minimum atomic E-state index is -1.50. The Labute approximate surface area is 272 Å². The average Bonchev–Trinajstić information content (AvgIpc) is 3.83. The van der Waals surface area contributed by atoms with E-state index >= 15 is 0 Å². The zero-order chi connectivity index (χ0) is 30.5. The standard InChI is InChI=1S/C19H28NO3.C16H21NO3.BrH/c1-20(2)13-12-17(14-20)23-18(21)19(22,16-10-6-7-11-16)15-8-4-3-5-9-15;1-19-14-7-6-11(12-9-16(18)17-10-12)8-15(14)20-13-4-2-3-5-13;/h3-5,8-9,16-17,22H,6-7,10-14H2,1-2H3;6-8,12-13H,2-5,9-10H2,1H3,(H,17,18);1H/q+1;;/p-1. The zero-order valence-corrected chi connectivity index (χ0v) is 28.0. The van der Waals surface area contributed by atoms with Gasteiger partial charge in [-0.1, -0.05) is 49.2 Å². The molecule has 3 atom stereocenters. The van der Waals surface area contributed by atoms with E-state index in [1.165, 1.54) is 12.8 Å². The number of benzene rings is 2. The van der Waals surface area contributed by atoms with Crippen molar-refractivity contribution in [3.8, 4) is 11.5 Å². The minimum Gasteiger partial charge on any atom is -1.00 e. The van der Waals surface area contributed by atoms with Crippen LogP contribution in [-0.4, -0.2) is 74.5 Å². The first-order chi connectivity index (χ1) is 20.7. The number of methoxy groups -OCH3 is 1. The molecule has 4 aliphatic rings. The maximum Gasteiger partial charge on any atom is 0.343 e. The highest BCUT2D eigenvalue weighted by atomic mass is 79.9. The SMILES string of the molecule is COc1ccc(C2CNC(=O)C2)cc1OC1CCCC1.C[N+]1(C)CCC(OC(=O)C(O)(c2ccccc2)C2CCCC2)C1.[Br-]. The molecule has 2 aromatic carbocycles. The number of hydrogen-bond donors (Lipinski definition) is 2. The topological polar surface area (TPSA) is 94.1 Å². The molecule has 2 N–H and O–H groups in total. The number of amides is 1. The Bertz CT molecular complexity index is 1250. The second kappa shape index (κ2) is 15.1. The number of likely N-dealkylation sites (tertiary alicyclic amines) is 1. The molecule has 4 fully saturated rings. The number of likely N-dealkylation sites (N-methyl/N-ethyl adjacent to an activating group) is 1. The van der Waals surface area contributed by atoms with Crippen LogP contribution in [0, 0.1) is 5.92 Å². The van der Waals surface area contributed by atoms with Gasteiger partial charge in [-0.05, 0) is 61.8 Å². The number of carbonyl (C=O) groups excluding carboxylic acids is 2. The van der Waals surface area contributed by atoms with Gasteiger partial charge in [0.2, 0.25) is 5.91 Å². The third-order valence-electron chi connectivity index (χ3n) is 9.73. The maximum atomic E-state index is 12.9. The van der Waals surface area contributed by atoms with Gasteiger partial charge in [0.1, 0.15) is 6.54 Å². The van der Waals surface area contributed by atoms with E-state index in [0.717, 1.165) is 79.6 Å². The summed E-state index contributed by atoms with van der Waals surface area (Å²) < 4.78 is 18.1. The summed E-state index contributed by atoms with van der Waals surface area (Å²) in [6.45, 7) is 2.54. The number of esters is 1. The molecule has 9 heteroatoms. The highest BCUT2D eigenvalue weighted by molar-refractivity contribution is 5.82. The fourth-order valence-corrected chi connectivity index (χ4v) is 7.19. The van der Waals surface area contributed by atoms with E-state index < -0.39 is 11.6 Å². The molecule has 2 aliphatic heterocycles. The Balaban J connectivity index is 0.000000198. The van der Waals surface area contributed by atoms with E-state index in [4.69, 9.17) is 14.2 Å². The van der Waals surface area contributed by atoms with E-state index in [0.29, 0.717) is 24.6 Å². The summed E-state index contributed by atoms with van der Waals surface area (Å²) in [5.74, 6) is 1.47. The Morgan fingerprint density at radius 3 is 2.20 bits per heavy atom. The second-order valence-corrected chi connectivity index (χ2v) is 13.4. The Hall–Kier alpha value is -2.62. The van der Waals surface area contributed by atoms with Crippen LogP contribution in [0.25, 0.3) is 0 Å². The van der Waals surface area contributed by atoms with Gasteiger partial charge < -0.3 is 46.1 Å². The van der Waals surface area contributed by atoms with Gasteiger partial charge in [-0.3, -0.25) is 4.79 Å². The lowest BCUT2D eigenvalue weighted by molar-refractivity contribution is -0.879. The van der Waals surface area contributed by atoms with E-state index in [2.05, 4.69) is 19.4 Å². The molecule has 0 aromatic heterocycles. The van der Waals surface area contributed by atoms with Crippen molar-refractivity contribution in [3.05, 3.63) is 59.7 Å². The number of rotatable bonds is 8. The summed E-state index contributed by atoms with van der Waals surface area (Å²) in [6, 6.07) is 15.4. The van der Waals surface area contributed by atoms with E-state index in [9.17, 15) is 14.7 Å². The fraction of sp³-hybridized carbons (Fsp3) is 0.600. The molecular weight excluding hydrogens is 624 g/mol. The quantitative estimate of drug-likeness (QED) is 0.330. The van der Waals surface area contributed by atoms with Crippen molar-refractivity contribution in [1.29, 1.82) is 0 Å². The summed E-state index contributed by atoms with van der Waals surface area (Å²) in [7, 11) is 5.96. The summed E-state index contributed by atoms with van der Waals surface area (Å²) in [4.78, 5) is 24.3. The van der Waals surface area contributed by atoms with Crippen molar-refractivity contribution in [3.63, 3.8) is 0 Å². The third kappa shape index (κ3) is 8.15. The van der Waals surface area contributed by atoms with Gasteiger partial charge in [0.25, 0.3) is 0 Å². The third-order valence-corrected chi connectivity index (χ3v) is 9.73. The lowest BCUT2D eigenvalue weighted by atomic mass is 9.80. The fourth-order valence-electron chi connectivity index (χ4n) is 7.19. The Kier molecular flexibility index (Phi) is 11.8.